The maximum absolute atomic E-state index is 13.6. The third kappa shape index (κ3) is 6.61. The molecule has 1 aromatic heterocycles. The van der Waals surface area contributed by atoms with Gasteiger partial charge in [-0.15, -0.1) is 0 Å². The first-order valence-electron chi connectivity index (χ1n) is 11.3. The first-order chi connectivity index (χ1) is 17.6. The van der Waals surface area contributed by atoms with Crippen LogP contribution in [-0.4, -0.2) is 22.0 Å². The zero-order chi connectivity index (χ0) is 28.4. The Bertz CT molecular complexity index is 1480. The van der Waals surface area contributed by atoms with Gasteiger partial charge in [-0.05, 0) is 75.7 Å². The molecule has 11 heteroatoms. The van der Waals surface area contributed by atoms with E-state index in [1.54, 1.807) is 26.8 Å². The van der Waals surface area contributed by atoms with Gasteiger partial charge in [-0.1, -0.05) is 11.6 Å². The standard InChI is InChI=1S/C27H23ClF3N3O4/c1-15(24(36)33-19-8-5-16(6-9-19)25(37)38-26(2,3)4)34-14-17(13-32)20(12-23(34)35)21-11-18(28)7-10-22(21)27(29,30)31/h5-12,14-15H,1-4H3,(H,33,36). The first kappa shape index (κ1) is 28.5. The van der Waals surface area contributed by atoms with Gasteiger partial charge in [0, 0.05) is 28.5 Å². The summed E-state index contributed by atoms with van der Waals surface area (Å²) < 4.78 is 47.0. The predicted octanol–water partition coefficient (Wildman–Crippen LogP) is 6.21. The third-order valence-corrected chi connectivity index (χ3v) is 5.60. The minimum absolute atomic E-state index is 0.00787. The van der Waals surface area contributed by atoms with Gasteiger partial charge in [-0.25, -0.2) is 4.79 Å². The van der Waals surface area contributed by atoms with Crippen molar-refractivity contribution < 1.29 is 27.5 Å². The lowest BCUT2D eigenvalue weighted by atomic mass is 9.96. The molecule has 0 radical (unpaired) electrons. The van der Waals surface area contributed by atoms with Crippen LogP contribution in [0.15, 0.2) is 59.5 Å². The average Bonchev–Trinajstić information content (AvgIpc) is 2.82. The average molecular weight is 546 g/mol. The molecular formula is C27H23ClF3N3O4. The topological polar surface area (TPSA) is 101 Å². The number of rotatable bonds is 5. The highest BCUT2D eigenvalue weighted by molar-refractivity contribution is 6.30. The summed E-state index contributed by atoms with van der Waals surface area (Å²) in [4.78, 5) is 37.9. The number of benzene rings is 2. The van der Waals surface area contributed by atoms with Crippen molar-refractivity contribution in [1.82, 2.24) is 4.57 Å². The highest BCUT2D eigenvalue weighted by atomic mass is 35.5. The second-order valence-electron chi connectivity index (χ2n) is 9.39. The molecule has 3 rings (SSSR count). The van der Waals surface area contributed by atoms with Crippen molar-refractivity contribution in [2.24, 2.45) is 0 Å². The van der Waals surface area contributed by atoms with Crippen LogP contribution in [0.25, 0.3) is 11.1 Å². The minimum Gasteiger partial charge on any atom is -0.456 e. The van der Waals surface area contributed by atoms with Crippen LogP contribution in [0, 0.1) is 11.3 Å². The van der Waals surface area contributed by atoms with E-state index in [2.05, 4.69) is 5.32 Å². The Kier molecular flexibility index (Phi) is 8.03. The van der Waals surface area contributed by atoms with Crippen molar-refractivity contribution in [2.75, 3.05) is 5.32 Å². The Labute approximate surface area is 221 Å². The summed E-state index contributed by atoms with van der Waals surface area (Å²) in [6.45, 7) is 6.60. The molecule has 7 nitrogen and oxygen atoms in total. The van der Waals surface area contributed by atoms with Crippen molar-refractivity contribution in [1.29, 1.82) is 5.26 Å². The SMILES string of the molecule is CC(C(=O)Nc1ccc(C(=O)OC(C)(C)C)cc1)n1cc(C#N)c(-c2cc(Cl)ccc2C(F)(F)F)cc1=O. The summed E-state index contributed by atoms with van der Waals surface area (Å²) in [5, 5.41) is 12.2. The number of pyridine rings is 1. The summed E-state index contributed by atoms with van der Waals surface area (Å²) in [5.74, 6) is -1.17. The van der Waals surface area contributed by atoms with E-state index in [4.69, 9.17) is 16.3 Å². The fraction of sp³-hybridized carbons (Fsp3) is 0.259. The molecule has 0 spiro atoms. The summed E-state index contributed by atoms with van der Waals surface area (Å²) in [6.07, 6.45) is -3.72. The number of nitriles is 1. The molecule has 2 aromatic carbocycles. The Morgan fingerprint density at radius 1 is 1.05 bits per heavy atom. The van der Waals surface area contributed by atoms with E-state index in [1.807, 2.05) is 0 Å². The van der Waals surface area contributed by atoms with Crippen LogP contribution in [0.5, 0.6) is 0 Å². The molecule has 1 heterocycles. The van der Waals surface area contributed by atoms with Gasteiger partial charge in [0.2, 0.25) is 5.91 Å². The molecule has 0 aliphatic carbocycles. The molecule has 1 unspecified atom stereocenters. The molecule has 0 fully saturated rings. The van der Waals surface area contributed by atoms with E-state index in [-0.39, 0.29) is 21.7 Å². The number of esters is 1. The zero-order valence-corrected chi connectivity index (χ0v) is 21.6. The van der Waals surface area contributed by atoms with Gasteiger partial charge in [0.15, 0.2) is 0 Å². The lowest BCUT2D eigenvalue weighted by Crippen LogP contribution is -2.31. The number of carbonyl (C=O) groups excluding carboxylic acids is 2. The number of ether oxygens (including phenoxy) is 1. The normalized spacial score (nSPS) is 12.4. The second kappa shape index (κ2) is 10.7. The van der Waals surface area contributed by atoms with Gasteiger partial charge in [0.05, 0.1) is 16.7 Å². The van der Waals surface area contributed by atoms with E-state index in [0.29, 0.717) is 5.69 Å². The minimum atomic E-state index is -4.76. The summed E-state index contributed by atoms with van der Waals surface area (Å²) >= 11 is 5.90. The Hall–Kier alpha value is -4.10. The molecule has 0 aliphatic heterocycles. The highest BCUT2D eigenvalue weighted by Crippen LogP contribution is 2.39. The van der Waals surface area contributed by atoms with Crippen LogP contribution in [-0.2, 0) is 15.7 Å². The number of nitrogens with one attached hydrogen (secondary N) is 1. The molecule has 198 valence electrons. The number of amides is 1. The molecule has 0 bridgehead atoms. The van der Waals surface area contributed by atoms with Crippen LogP contribution in [0.4, 0.5) is 18.9 Å². The van der Waals surface area contributed by atoms with Crippen molar-refractivity contribution >= 4 is 29.2 Å². The molecule has 1 N–H and O–H groups in total. The summed E-state index contributed by atoms with van der Waals surface area (Å²) in [6, 6.07) is 10.3. The van der Waals surface area contributed by atoms with E-state index in [0.717, 1.165) is 35.0 Å². The van der Waals surface area contributed by atoms with Crippen LogP contribution in [0.1, 0.15) is 55.2 Å². The Morgan fingerprint density at radius 3 is 2.24 bits per heavy atom. The van der Waals surface area contributed by atoms with Crippen molar-refractivity contribution in [2.45, 2.75) is 45.5 Å². The molecule has 1 atom stereocenters. The molecule has 0 saturated heterocycles. The number of aromatic nitrogens is 1. The van der Waals surface area contributed by atoms with E-state index in [9.17, 15) is 32.8 Å². The number of nitrogens with zero attached hydrogens (tertiary/aromatic N) is 2. The second-order valence-corrected chi connectivity index (χ2v) is 9.83. The van der Waals surface area contributed by atoms with Crippen molar-refractivity contribution in [3.05, 3.63) is 86.8 Å². The fourth-order valence-corrected chi connectivity index (χ4v) is 3.72. The first-order valence-corrected chi connectivity index (χ1v) is 11.7. The van der Waals surface area contributed by atoms with Gasteiger partial charge < -0.3 is 14.6 Å². The van der Waals surface area contributed by atoms with E-state index >= 15 is 0 Å². The van der Waals surface area contributed by atoms with E-state index < -0.39 is 46.4 Å². The number of hydrogen-bond acceptors (Lipinski definition) is 5. The van der Waals surface area contributed by atoms with Gasteiger partial charge in [-0.2, -0.15) is 18.4 Å². The zero-order valence-electron chi connectivity index (χ0n) is 20.8. The monoisotopic (exact) mass is 545 g/mol. The maximum Gasteiger partial charge on any atom is 0.417 e. The Balaban J connectivity index is 1.89. The molecule has 1 amide bonds. The number of halogens is 4. The molecule has 0 aliphatic rings. The Morgan fingerprint density at radius 2 is 1.68 bits per heavy atom. The third-order valence-electron chi connectivity index (χ3n) is 5.36. The molecule has 38 heavy (non-hydrogen) atoms. The maximum atomic E-state index is 13.6. The number of hydrogen-bond donors (Lipinski definition) is 1. The molecule has 0 saturated carbocycles. The number of carbonyl (C=O) groups is 2. The van der Waals surface area contributed by atoms with Gasteiger partial charge in [-0.3, -0.25) is 9.59 Å². The summed E-state index contributed by atoms with van der Waals surface area (Å²) in [7, 11) is 0. The largest absolute Gasteiger partial charge is 0.456 e. The molecule has 3 aromatic rings. The fourth-order valence-electron chi connectivity index (χ4n) is 3.55. The lowest BCUT2D eigenvalue weighted by molar-refractivity contribution is -0.137. The van der Waals surface area contributed by atoms with Crippen molar-refractivity contribution in [3.8, 4) is 17.2 Å². The van der Waals surface area contributed by atoms with Crippen LogP contribution < -0.4 is 10.9 Å². The van der Waals surface area contributed by atoms with Gasteiger partial charge in [0.1, 0.15) is 17.7 Å². The van der Waals surface area contributed by atoms with Gasteiger partial charge >= 0.3 is 12.1 Å². The number of alkyl halides is 3. The van der Waals surface area contributed by atoms with Crippen molar-refractivity contribution in [3.63, 3.8) is 0 Å². The predicted molar refractivity (Wildman–Crippen MR) is 136 cm³/mol. The quantitative estimate of drug-likeness (QED) is 0.384. The number of anilines is 1. The van der Waals surface area contributed by atoms with Gasteiger partial charge in [0.25, 0.3) is 5.56 Å². The van der Waals surface area contributed by atoms with E-state index in [1.165, 1.54) is 31.2 Å². The summed E-state index contributed by atoms with van der Waals surface area (Å²) in [5.41, 5.74) is -2.86. The van der Waals surface area contributed by atoms with Crippen LogP contribution >= 0.6 is 11.6 Å². The van der Waals surface area contributed by atoms with Crippen LogP contribution in [0.3, 0.4) is 0 Å². The highest BCUT2D eigenvalue weighted by Gasteiger charge is 2.34. The smallest absolute Gasteiger partial charge is 0.417 e. The lowest BCUT2D eigenvalue weighted by Gasteiger charge is -2.20. The molecular weight excluding hydrogens is 523 g/mol. The van der Waals surface area contributed by atoms with Crippen LogP contribution in [0.2, 0.25) is 5.02 Å².